The van der Waals surface area contributed by atoms with Crippen molar-refractivity contribution in [1.29, 1.82) is 0 Å². The average molecular weight is 1050 g/mol. The van der Waals surface area contributed by atoms with Gasteiger partial charge in [0.15, 0.2) is 18.0 Å². The quantitative estimate of drug-likeness (QED) is 0.0102. The first kappa shape index (κ1) is 63.1. The van der Waals surface area contributed by atoms with Crippen molar-refractivity contribution in [3.05, 3.63) is 23.7 Å². The van der Waals surface area contributed by atoms with E-state index in [9.17, 15) is 54.6 Å². The number of carboxylic acids is 2. The van der Waals surface area contributed by atoms with Crippen molar-refractivity contribution in [2.75, 3.05) is 85.7 Å². The number of aliphatic carboxylic acids is 2. The molecule has 2 rings (SSSR count). The van der Waals surface area contributed by atoms with Crippen LogP contribution in [0.25, 0.3) is 0 Å². The maximum atomic E-state index is 13.4. The molecular weight excluding hydrogens is 969 g/mol. The van der Waals surface area contributed by atoms with Gasteiger partial charge in [0.2, 0.25) is 17.4 Å². The molecule has 414 valence electrons. The molecule has 2 aliphatic heterocycles. The number of aliphatic hydroxyl groups is 4. The van der Waals surface area contributed by atoms with E-state index in [-0.39, 0.29) is 63.6 Å². The van der Waals surface area contributed by atoms with E-state index in [2.05, 4.69) is 21.2 Å². The van der Waals surface area contributed by atoms with Gasteiger partial charge >= 0.3 is 24.0 Å². The Hall–Kier alpha value is -5.99. The smallest absolute Gasteiger partial charge is 0.407 e. The fraction of sp³-hybridized carbons (Fsp3) is 0.717. The minimum Gasteiger partial charge on any atom is -0.480 e. The molecule has 27 nitrogen and oxygen atoms in total. The Labute approximate surface area is 424 Å². The molecule has 0 aromatic rings. The van der Waals surface area contributed by atoms with E-state index in [1.807, 2.05) is 0 Å². The number of hydrogen-bond donors (Lipinski definition) is 11. The van der Waals surface area contributed by atoms with Crippen LogP contribution in [0.4, 0.5) is 4.79 Å². The number of nitrogens with two attached hydrogens (primary N) is 4. The monoisotopic (exact) mass is 1040 g/mol. The number of rotatable bonds is 37. The molecule has 10 atom stereocenters. The second kappa shape index (κ2) is 35.2. The lowest BCUT2D eigenvalue weighted by atomic mass is 9.87. The number of unbranched alkanes of at least 4 members (excludes halogenated alkanes) is 4. The van der Waals surface area contributed by atoms with E-state index in [0.29, 0.717) is 78.0 Å². The van der Waals surface area contributed by atoms with Gasteiger partial charge in [-0.1, -0.05) is 26.2 Å². The molecule has 0 spiro atoms. The molecule has 27 heteroatoms. The van der Waals surface area contributed by atoms with E-state index in [1.54, 1.807) is 18.7 Å². The van der Waals surface area contributed by atoms with Crippen molar-refractivity contribution >= 4 is 41.8 Å². The second-order valence-corrected chi connectivity index (χ2v) is 17.0. The minimum atomic E-state index is -1.68. The Morgan fingerprint density at radius 3 is 1.75 bits per heavy atom. The van der Waals surface area contributed by atoms with Crippen LogP contribution in [-0.2, 0) is 57.1 Å². The zero-order chi connectivity index (χ0) is 54.3. The van der Waals surface area contributed by atoms with Crippen LogP contribution >= 0.6 is 0 Å². The molecule has 15 N–H and O–H groups in total. The number of terminal acetylenes is 1. The van der Waals surface area contributed by atoms with Gasteiger partial charge in [-0.15, -0.1) is 6.42 Å². The lowest BCUT2D eigenvalue weighted by molar-refractivity contribution is -0.176. The first-order valence-electron chi connectivity index (χ1n) is 24.0. The number of alkyl carbamates (subject to hydrolysis) is 1. The van der Waals surface area contributed by atoms with Gasteiger partial charge in [-0.25, -0.2) is 24.4 Å². The molecule has 0 aromatic carbocycles. The summed E-state index contributed by atoms with van der Waals surface area (Å²) in [6.07, 6.45) is 0.585. The van der Waals surface area contributed by atoms with Crippen LogP contribution in [0.15, 0.2) is 33.7 Å². The summed E-state index contributed by atoms with van der Waals surface area (Å²) in [5.41, 5.74) is 22.0. The highest BCUT2D eigenvalue weighted by atomic mass is 16.6. The van der Waals surface area contributed by atoms with Gasteiger partial charge < -0.3 is 102 Å². The van der Waals surface area contributed by atoms with Gasteiger partial charge in [0.1, 0.15) is 43.7 Å². The predicted octanol–water partition coefficient (Wildman–Crippen LogP) is -2.36. The number of nitrogens with zero attached hydrogens (tertiary/aromatic N) is 3. The summed E-state index contributed by atoms with van der Waals surface area (Å²) in [6, 6.07) is -1.77. The van der Waals surface area contributed by atoms with Crippen LogP contribution in [0.2, 0.25) is 0 Å². The molecule has 0 aliphatic carbocycles. The molecular formula is C46H76N8O19. The summed E-state index contributed by atoms with van der Waals surface area (Å²) in [7, 11) is 0. The Bertz CT molecular complexity index is 1870. The first-order chi connectivity index (χ1) is 34.8. The molecule has 0 fully saturated rings. The fourth-order valence-corrected chi connectivity index (χ4v) is 7.46. The van der Waals surface area contributed by atoms with E-state index >= 15 is 0 Å². The Balaban J connectivity index is 1.89. The summed E-state index contributed by atoms with van der Waals surface area (Å²) < 4.78 is 43.2. The number of aliphatic imine (C=N–C) groups is 2. The van der Waals surface area contributed by atoms with Gasteiger partial charge in [-0.05, 0) is 44.3 Å². The standard InChI is InChI=1S/C46H76N8O19/c1-4-16-66-18-20-68-22-23-69-21-19-67-17-12-36(58)54(14-9-5-7-11-37(59)73-41(32(56)26-55)40-29(3)31(53-45(49)50)25-35(72-40)43(63)64)15-10-6-8-13-51-46(65)70-27-33(57)38(60)39-28(2)30(52-44(47)48)24-34(71-39)42(61)62/h1,24-25,28-33,38-41,55-57,60H,5-23,26-27H2,2-3H3,(H,51,65)(H,61,62)(H,63,64)(H4,47,48,52)(H4,49,50,53)/t28-,29-,30+,31+,32-,33-,38-,39-,40-,41-/m1/s1. The second-order valence-electron chi connectivity index (χ2n) is 17.0. The topological polar surface area (TPSA) is 425 Å². The first-order valence-corrected chi connectivity index (χ1v) is 24.0. The van der Waals surface area contributed by atoms with Crippen LogP contribution in [0, 0.1) is 24.2 Å². The Morgan fingerprint density at radius 2 is 1.23 bits per heavy atom. The van der Waals surface area contributed by atoms with Gasteiger partial charge in [-0.2, -0.15) is 0 Å². The number of guanidine groups is 2. The number of carboxylic acid groups (broad SMARTS) is 2. The third kappa shape index (κ3) is 24.5. The summed E-state index contributed by atoms with van der Waals surface area (Å²) >= 11 is 0. The summed E-state index contributed by atoms with van der Waals surface area (Å²) in [5.74, 6) is -4.48. The molecule has 0 aromatic heterocycles. The van der Waals surface area contributed by atoms with E-state index in [0.717, 1.165) is 0 Å². The molecule has 0 radical (unpaired) electrons. The fourth-order valence-electron chi connectivity index (χ4n) is 7.46. The van der Waals surface area contributed by atoms with Gasteiger partial charge in [-0.3, -0.25) is 9.59 Å². The van der Waals surface area contributed by atoms with Crippen molar-refractivity contribution in [1.82, 2.24) is 10.2 Å². The third-order valence-corrected chi connectivity index (χ3v) is 11.4. The van der Waals surface area contributed by atoms with E-state index in [1.165, 1.54) is 12.2 Å². The molecule has 2 aliphatic rings. The van der Waals surface area contributed by atoms with Gasteiger partial charge in [0, 0.05) is 37.9 Å². The maximum absolute atomic E-state index is 13.4. The number of aliphatic hydroxyl groups excluding tert-OH is 4. The zero-order valence-electron chi connectivity index (χ0n) is 41.5. The van der Waals surface area contributed by atoms with E-state index in [4.69, 9.17) is 67.3 Å². The summed E-state index contributed by atoms with van der Waals surface area (Å²) in [6.45, 7) is 4.95. The lowest BCUT2D eigenvalue weighted by Crippen LogP contribution is -2.51. The molecule has 0 unspecified atom stereocenters. The Morgan fingerprint density at radius 1 is 0.726 bits per heavy atom. The number of amides is 2. The Kier molecular flexibility index (Phi) is 30.4. The van der Waals surface area contributed by atoms with Crippen molar-refractivity contribution in [2.24, 2.45) is 44.8 Å². The van der Waals surface area contributed by atoms with Crippen molar-refractivity contribution in [2.45, 2.75) is 114 Å². The number of hydrogen-bond acceptors (Lipinski definition) is 19. The SMILES string of the molecule is C#CCOCCOCCOCCOCCC(=O)N(CCCCCNC(=O)OC[C@@H](O)[C@@H](O)[C@@H]1OC(C(=O)O)=C[C@H](N=C(N)N)[C@H]1C)CCCCCC(=O)O[C@@H]([C@@H]1OC(C(=O)O)=C[C@H](N=C(N)N)[C@H]1C)[C@H](O)CO. The third-order valence-electron chi connectivity index (χ3n) is 11.4. The summed E-state index contributed by atoms with van der Waals surface area (Å²) in [5, 5.41) is 63.4. The number of nitrogens with one attached hydrogen (secondary N) is 1. The van der Waals surface area contributed by atoms with Crippen molar-refractivity contribution < 1.29 is 92.5 Å². The highest BCUT2D eigenvalue weighted by molar-refractivity contribution is 5.85. The van der Waals surface area contributed by atoms with Gasteiger partial charge in [0.05, 0.1) is 71.4 Å². The largest absolute Gasteiger partial charge is 0.480 e. The predicted molar refractivity (Wildman–Crippen MR) is 259 cm³/mol. The van der Waals surface area contributed by atoms with E-state index < -0.39 is 109 Å². The highest BCUT2D eigenvalue weighted by Crippen LogP contribution is 2.31. The van der Waals surface area contributed by atoms with Crippen LogP contribution in [-0.4, -0.2) is 212 Å². The minimum absolute atomic E-state index is 0.0835. The molecule has 0 saturated heterocycles. The number of carbonyl (C=O) groups excluding carboxylic acids is 3. The maximum Gasteiger partial charge on any atom is 0.407 e. The van der Waals surface area contributed by atoms with Crippen LogP contribution < -0.4 is 28.3 Å². The van der Waals surface area contributed by atoms with Crippen LogP contribution in [0.1, 0.15) is 65.2 Å². The van der Waals surface area contributed by atoms with Crippen molar-refractivity contribution in [3.63, 3.8) is 0 Å². The van der Waals surface area contributed by atoms with Crippen LogP contribution in [0.5, 0.6) is 0 Å². The molecule has 2 amide bonds. The number of ether oxygens (including phenoxy) is 8. The van der Waals surface area contributed by atoms with Gasteiger partial charge in [0.25, 0.3) is 0 Å². The summed E-state index contributed by atoms with van der Waals surface area (Å²) in [4.78, 5) is 71.9. The normalized spacial score (nSPS) is 20.9. The molecule has 73 heavy (non-hydrogen) atoms. The number of carbonyl (C=O) groups is 5. The highest BCUT2D eigenvalue weighted by Gasteiger charge is 2.44. The molecule has 0 saturated carbocycles. The zero-order valence-corrected chi connectivity index (χ0v) is 41.5. The number of esters is 1. The van der Waals surface area contributed by atoms with Crippen molar-refractivity contribution in [3.8, 4) is 12.3 Å². The van der Waals surface area contributed by atoms with Crippen LogP contribution in [0.3, 0.4) is 0 Å². The molecule has 0 bridgehead atoms. The average Bonchev–Trinajstić information content (AvgIpc) is 3.34. The lowest BCUT2D eigenvalue weighted by Gasteiger charge is -2.38. The molecule has 2 heterocycles.